The van der Waals surface area contributed by atoms with E-state index in [0.29, 0.717) is 11.3 Å². The maximum atomic E-state index is 12.5. The van der Waals surface area contributed by atoms with E-state index >= 15 is 0 Å². The molecule has 2 heterocycles. The Hall–Kier alpha value is -2.93. The lowest BCUT2D eigenvalue weighted by molar-refractivity contribution is -0.914. The van der Waals surface area contributed by atoms with Crippen LogP contribution in [0.4, 0.5) is 11.5 Å². The number of nitrogens with one attached hydrogen (secondary N) is 3. The molecule has 1 aliphatic rings. The number of aromatic amines is 1. The number of amides is 2. The van der Waals surface area contributed by atoms with Gasteiger partial charge >= 0.3 is 0 Å². The summed E-state index contributed by atoms with van der Waals surface area (Å²) in [7, 11) is 0. The Morgan fingerprint density at radius 1 is 1.15 bits per heavy atom. The van der Waals surface area contributed by atoms with Gasteiger partial charge in [-0.25, -0.2) is 4.98 Å². The van der Waals surface area contributed by atoms with Gasteiger partial charge in [0.2, 0.25) is 5.91 Å². The summed E-state index contributed by atoms with van der Waals surface area (Å²) in [6.45, 7) is 5.56. The number of H-pyrrole nitrogens is 1. The van der Waals surface area contributed by atoms with Crippen LogP contribution in [0.25, 0.3) is 0 Å². The van der Waals surface area contributed by atoms with E-state index < -0.39 is 5.91 Å². The number of quaternary nitrogens is 1. The second-order valence-corrected chi connectivity index (χ2v) is 6.55. The number of piperazine rings is 1. The van der Waals surface area contributed by atoms with E-state index in [1.54, 1.807) is 24.3 Å². The van der Waals surface area contributed by atoms with Gasteiger partial charge in [0.05, 0.1) is 6.20 Å². The minimum absolute atomic E-state index is 0.0217. The number of aromatic nitrogens is 1. The van der Waals surface area contributed by atoms with Crippen LogP contribution in [0.1, 0.15) is 17.3 Å². The van der Waals surface area contributed by atoms with Crippen molar-refractivity contribution in [3.05, 3.63) is 54.2 Å². The Balaban J connectivity index is 1.53. The highest BCUT2D eigenvalue weighted by Gasteiger charge is 2.32. The molecule has 1 aromatic carbocycles. The predicted octanol–water partition coefficient (Wildman–Crippen LogP) is -0.668. The Morgan fingerprint density at radius 2 is 1.85 bits per heavy atom. The third-order valence-corrected chi connectivity index (χ3v) is 4.88. The molecular weight excluding hydrogens is 330 g/mol. The lowest BCUT2D eigenvalue weighted by Crippen LogP contribution is -3.19. The fourth-order valence-electron chi connectivity index (χ4n) is 3.20. The molecule has 1 aliphatic heterocycles. The Bertz CT molecular complexity index is 755. The number of carbonyl (C=O) groups excluding carboxylic acids is 2. The molecule has 1 saturated heterocycles. The number of hydrogen-bond acceptors (Lipinski definition) is 3. The molecule has 1 fully saturated rings. The van der Waals surface area contributed by atoms with E-state index in [0.717, 1.165) is 32.0 Å². The zero-order chi connectivity index (χ0) is 18.5. The van der Waals surface area contributed by atoms with Crippen molar-refractivity contribution in [3.8, 4) is 0 Å². The first-order valence-corrected chi connectivity index (χ1v) is 8.81. The number of anilines is 2. The van der Waals surface area contributed by atoms with Gasteiger partial charge in [0.25, 0.3) is 11.7 Å². The van der Waals surface area contributed by atoms with Crippen molar-refractivity contribution >= 4 is 23.3 Å². The van der Waals surface area contributed by atoms with Crippen molar-refractivity contribution < 1.29 is 19.5 Å². The molecule has 0 bridgehead atoms. The molecule has 0 spiro atoms. The van der Waals surface area contributed by atoms with Crippen LogP contribution in [0, 0.1) is 0 Å². The molecule has 2 aromatic rings. The van der Waals surface area contributed by atoms with Crippen LogP contribution >= 0.6 is 0 Å². The Kier molecular flexibility index (Phi) is 5.48. The largest absolute Gasteiger partial charge is 0.366 e. The van der Waals surface area contributed by atoms with Gasteiger partial charge < -0.3 is 16.0 Å². The number of nitrogens with two attached hydrogens (primary N) is 1. The van der Waals surface area contributed by atoms with E-state index in [4.69, 9.17) is 5.73 Å². The second-order valence-electron chi connectivity index (χ2n) is 6.55. The number of hydrogen-bond donors (Lipinski definition) is 3. The summed E-state index contributed by atoms with van der Waals surface area (Å²) < 4.78 is 0. The van der Waals surface area contributed by atoms with Crippen molar-refractivity contribution in [2.45, 2.75) is 13.0 Å². The quantitative estimate of drug-likeness (QED) is 0.664. The van der Waals surface area contributed by atoms with Gasteiger partial charge in [0, 0.05) is 17.3 Å². The molecule has 0 aliphatic carbocycles. The topological polar surface area (TPSA) is 94.0 Å². The van der Waals surface area contributed by atoms with Crippen molar-refractivity contribution in [2.75, 3.05) is 36.4 Å². The highest BCUT2D eigenvalue weighted by atomic mass is 16.2. The van der Waals surface area contributed by atoms with Crippen molar-refractivity contribution in [1.29, 1.82) is 0 Å². The van der Waals surface area contributed by atoms with Crippen LogP contribution in [0.5, 0.6) is 0 Å². The van der Waals surface area contributed by atoms with Crippen LogP contribution in [-0.4, -0.2) is 44.0 Å². The van der Waals surface area contributed by atoms with E-state index in [-0.39, 0.29) is 11.9 Å². The molecular formula is C19H25N5O2+2. The summed E-state index contributed by atoms with van der Waals surface area (Å²) in [6.07, 6.45) is 1.92. The summed E-state index contributed by atoms with van der Waals surface area (Å²) >= 11 is 0. The van der Waals surface area contributed by atoms with E-state index in [2.05, 4.69) is 21.3 Å². The van der Waals surface area contributed by atoms with Crippen LogP contribution in [0.15, 0.2) is 48.7 Å². The minimum atomic E-state index is -0.478. The average Bonchev–Trinajstić information content (AvgIpc) is 2.68. The minimum Gasteiger partial charge on any atom is -0.366 e. The normalized spacial score (nSPS) is 16.1. The van der Waals surface area contributed by atoms with E-state index in [9.17, 15) is 9.59 Å². The number of primary amides is 1. The van der Waals surface area contributed by atoms with Crippen molar-refractivity contribution in [2.24, 2.45) is 5.73 Å². The third-order valence-electron chi connectivity index (χ3n) is 4.88. The number of benzene rings is 1. The van der Waals surface area contributed by atoms with Crippen LogP contribution in [-0.2, 0) is 4.79 Å². The van der Waals surface area contributed by atoms with Gasteiger partial charge in [0.1, 0.15) is 26.2 Å². The molecule has 7 heteroatoms. The number of rotatable bonds is 5. The highest BCUT2D eigenvalue weighted by Crippen LogP contribution is 2.09. The molecule has 1 aromatic heterocycles. The molecule has 0 unspecified atom stereocenters. The molecule has 136 valence electrons. The first-order chi connectivity index (χ1) is 12.5. The summed E-state index contributed by atoms with van der Waals surface area (Å²) in [5.41, 5.74) is 6.32. The fourth-order valence-corrected chi connectivity index (χ4v) is 3.20. The summed E-state index contributed by atoms with van der Waals surface area (Å²) in [5, 5.41) is 2.92. The fraction of sp³-hybridized carbons (Fsp3) is 0.316. The SMILES string of the molecule is C[C@H](C(=O)Nc1ccc(C(N)=O)cc1)[NH+]1CCN(c2cccc[nH+]2)CC1. The van der Waals surface area contributed by atoms with E-state index in [1.807, 2.05) is 25.3 Å². The lowest BCUT2D eigenvalue weighted by atomic mass is 10.1. The molecule has 26 heavy (non-hydrogen) atoms. The third kappa shape index (κ3) is 4.18. The summed E-state index contributed by atoms with van der Waals surface area (Å²) in [4.78, 5) is 30.5. The first-order valence-electron chi connectivity index (χ1n) is 8.81. The van der Waals surface area contributed by atoms with Crippen LogP contribution in [0.2, 0.25) is 0 Å². The average molecular weight is 355 g/mol. The van der Waals surface area contributed by atoms with Gasteiger partial charge in [-0.15, -0.1) is 0 Å². The standard InChI is InChI=1S/C19H23N5O2/c1-14(19(26)22-16-7-5-15(6-8-16)18(20)25)23-10-12-24(13-11-23)17-4-2-3-9-21-17/h2-9,14H,10-13H2,1H3,(H2,20,25)(H,22,26)/p+2/t14-/m1/s1. The monoisotopic (exact) mass is 355 g/mol. The molecule has 7 nitrogen and oxygen atoms in total. The first kappa shape index (κ1) is 17.9. The van der Waals surface area contributed by atoms with Gasteiger partial charge in [-0.2, -0.15) is 0 Å². The van der Waals surface area contributed by atoms with Crippen molar-refractivity contribution in [3.63, 3.8) is 0 Å². The van der Waals surface area contributed by atoms with Crippen LogP contribution in [0.3, 0.4) is 0 Å². The maximum absolute atomic E-state index is 12.5. The van der Waals surface area contributed by atoms with E-state index in [1.165, 1.54) is 4.90 Å². The van der Waals surface area contributed by atoms with Gasteiger partial charge in [-0.05, 0) is 37.3 Å². The Labute approximate surface area is 152 Å². The summed E-state index contributed by atoms with van der Waals surface area (Å²) in [5.74, 6) is 0.610. The molecule has 3 rings (SSSR count). The van der Waals surface area contributed by atoms with Gasteiger partial charge in [-0.1, -0.05) is 6.07 Å². The number of pyridine rings is 1. The predicted molar refractivity (Wildman–Crippen MR) is 99.0 cm³/mol. The maximum Gasteiger partial charge on any atom is 0.282 e. The number of carbonyl (C=O) groups is 2. The van der Waals surface area contributed by atoms with Gasteiger partial charge in [-0.3, -0.25) is 14.5 Å². The molecule has 1 atom stereocenters. The molecule has 2 amide bonds. The molecule has 0 saturated carbocycles. The molecule has 5 N–H and O–H groups in total. The highest BCUT2D eigenvalue weighted by molar-refractivity contribution is 5.95. The molecule has 0 radical (unpaired) electrons. The van der Waals surface area contributed by atoms with Crippen LogP contribution < -0.4 is 25.8 Å². The summed E-state index contributed by atoms with van der Waals surface area (Å²) in [6, 6.07) is 12.5. The zero-order valence-corrected chi connectivity index (χ0v) is 14.9. The second kappa shape index (κ2) is 7.97. The van der Waals surface area contributed by atoms with Gasteiger partial charge in [0.15, 0.2) is 6.04 Å². The Morgan fingerprint density at radius 3 is 2.42 bits per heavy atom. The lowest BCUT2D eigenvalue weighted by Gasteiger charge is -2.31. The number of nitrogens with zero attached hydrogens (tertiary/aromatic N) is 1. The zero-order valence-electron chi connectivity index (χ0n) is 14.9. The van der Waals surface area contributed by atoms with Crippen molar-refractivity contribution in [1.82, 2.24) is 0 Å². The smallest absolute Gasteiger partial charge is 0.282 e.